The highest BCUT2D eigenvalue weighted by atomic mass is 19.1. The average Bonchev–Trinajstić information content (AvgIpc) is 2.46. The molecule has 0 radical (unpaired) electrons. The van der Waals surface area contributed by atoms with E-state index in [1.165, 1.54) is 0 Å². The fourth-order valence-electron chi connectivity index (χ4n) is 2.68. The summed E-state index contributed by atoms with van der Waals surface area (Å²) in [5, 5.41) is 0. The number of anilines is 1. The predicted octanol–water partition coefficient (Wildman–Crippen LogP) is 2.70. The van der Waals surface area contributed by atoms with Crippen molar-refractivity contribution in [1.82, 2.24) is 14.9 Å². The van der Waals surface area contributed by atoms with Crippen LogP contribution in [0, 0.1) is 11.7 Å². The van der Waals surface area contributed by atoms with Gasteiger partial charge in [0, 0.05) is 26.7 Å². The SMILES string of the molecule is CN(CC1CCCN(C(=O)OC(C)(C)C)C1)c1ncc(F)cn1. The first-order chi connectivity index (χ1) is 10.7. The normalized spacial score (nSPS) is 18.7. The molecule has 7 heteroatoms. The number of rotatable bonds is 3. The van der Waals surface area contributed by atoms with Crippen molar-refractivity contribution < 1.29 is 13.9 Å². The van der Waals surface area contributed by atoms with Crippen LogP contribution in [-0.2, 0) is 4.74 Å². The van der Waals surface area contributed by atoms with E-state index >= 15 is 0 Å². The molecule has 23 heavy (non-hydrogen) atoms. The number of amides is 1. The molecular formula is C16H25FN4O2. The van der Waals surface area contributed by atoms with E-state index in [0.29, 0.717) is 25.0 Å². The van der Waals surface area contributed by atoms with Crippen LogP contribution in [0.2, 0.25) is 0 Å². The van der Waals surface area contributed by atoms with Crippen LogP contribution in [0.1, 0.15) is 33.6 Å². The van der Waals surface area contributed by atoms with E-state index in [9.17, 15) is 9.18 Å². The lowest BCUT2D eigenvalue weighted by molar-refractivity contribution is 0.0170. The van der Waals surface area contributed by atoms with Gasteiger partial charge in [0.2, 0.25) is 5.95 Å². The van der Waals surface area contributed by atoms with E-state index in [1.807, 2.05) is 32.7 Å². The number of ether oxygens (including phenoxy) is 1. The maximum atomic E-state index is 12.9. The summed E-state index contributed by atoms with van der Waals surface area (Å²) < 4.78 is 18.3. The number of hydrogen-bond donors (Lipinski definition) is 0. The van der Waals surface area contributed by atoms with Gasteiger partial charge in [0.15, 0.2) is 5.82 Å². The highest BCUT2D eigenvalue weighted by Crippen LogP contribution is 2.21. The molecule has 1 atom stereocenters. The monoisotopic (exact) mass is 324 g/mol. The van der Waals surface area contributed by atoms with E-state index in [-0.39, 0.29) is 6.09 Å². The molecule has 1 aromatic heterocycles. The van der Waals surface area contributed by atoms with Crippen LogP contribution in [0.5, 0.6) is 0 Å². The number of carbonyl (C=O) groups excluding carboxylic acids is 1. The summed E-state index contributed by atoms with van der Waals surface area (Å²) in [6.07, 6.45) is 4.04. The minimum absolute atomic E-state index is 0.261. The second-order valence-corrected chi connectivity index (χ2v) is 7.02. The van der Waals surface area contributed by atoms with Crippen molar-refractivity contribution in [2.24, 2.45) is 5.92 Å². The second-order valence-electron chi connectivity index (χ2n) is 7.02. The molecule has 0 spiro atoms. The van der Waals surface area contributed by atoms with Crippen LogP contribution in [0.4, 0.5) is 15.1 Å². The van der Waals surface area contributed by atoms with E-state index in [2.05, 4.69) is 9.97 Å². The van der Waals surface area contributed by atoms with Gasteiger partial charge in [-0.25, -0.2) is 19.2 Å². The lowest BCUT2D eigenvalue weighted by Gasteiger charge is -2.35. The molecule has 0 bridgehead atoms. The van der Waals surface area contributed by atoms with Gasteiger partial charge in [-0.2, -0.15) is 0 Å². The molecule has 1 unspecified atom stereocenters. The molecule has 1 fully saturated rings. The molecule has 0 aliphatic carbocycles. The molecule has 0 aromatic carbocycles. The Morgan fingerprint density at radius 1 is 1.43 bits per heavy atom. The molecule has 2 heterocycles. The fourth-order valence-corrected chi connectivity index (χ4v) is 2.68. The first-order valence-corrected chi connectivity index (χ1v) is 7.91. The van der Waals surface area contributed by atoms with Crippen molar-refractivity contribution in [2.75, 3.05) is 31.6 Å². The van der Waals surface area contributed by atoms with Gasteiger partial charge in [0.25, 0.3) is 0 Å². The molecule has 0 N–H and O–H groups in total. The average molecular weight is 324 g/mol. The van der Waals surface area contributed by atoms with E-state index in [1.54, 1.807) is 4.90 Å². The first kappa shape index (κ1) is 17.4. The van der Waals surface area contributed by atoms with Crippen LogP contribution in [0.15, 0.2) is 12.4 Å². The first-order valence-electron chi connectivity index (χ1n) is 7.91. The molecule has 1 aromatic rings. The molecule has 2 rings (SSSR count). The number of piperidine rings is 1. The Hall–Kier alpha value is -1.92. The second kappa shape index (κ2) is 7.10. The summed E-state index contributed by atoms with van der Waals surface area (Å²) in [7, 11) is 1.87. The third kappa shape index (κ3) is 5.33. The molecule has 6 nitrogen and oxygen atoms in total. The van der Waals surface area contributed by atoms with Crippen molar-refractivity contribution in [3.63, 3.8) is 0 Å². The summed E-state index contributed by atoms with van der Waals surface area (Å²) in [6, 6.07) is 0. The number of halogens is 1. The minimum atomic E-state index is -0.483. The molecule has 1 aliphatic heterocycles. The van der Waals surface area contributed by atoms with Gasteiger partial charge < -0.3 is 14.5 Å². The smallest absolute Gasteiger partial charge is 0.410 e. The van der Waals surface area contributed by atoms with Crippen LogP contribution in [-0.4, -0.2) is 53.2 Å². The van der Waals surface area contributed by atoms with Gasteiger partial charge in [0.1, 0.15) is 5.60 Å². The fraction of sp³-hybridized carbons (Fsp3) is 0.688. The predicted molar refractivity (Wildman–Crippen MR) is 85.8 cm³/mol. The molecule has 128 valence electrons. The largest absolute Gasteiger partial charge is 0.444 e. The maximum Gasteiger partial charge on any atom is 0.410 e. The summed E-state index contributed by atoms with van der Waals surface area (Å²) in [5.74, 6) is 0.353. The van der Waals surface area contributed by atoms with Crippen LogP contribution in [0.25, 0.3) is 0 Å². The van der Waals surface area contributed by atoms with Gasteiger partial charge in [-0.05, 0) is 39.5 Å². The maximum absolute atomic E-state index is 12.9. The Balaban J connectivity index is 1.90. The number of carbonyl (C=O) groups is 1. The Bertz CT molecular complexity index is 530. The van der Waals surface area contributed by atoms with Crippen molar-refractivity contribution in [2.45, 2.75) is 39.2 Å². The third-order valence-corrected chi connectivity index (χ3v) is 3.65. The summed E-state index contributed by atoms with van der Waals surface area (Å²) in [6.45, 7) is 7.69. The topological polar surface area (TPSA) is 58.6 Å². The van der Waals surface area contributed by atoms with E-state index in [0.717, 1.165) is 31.8 Å². The summed E-state index contributed by atoms with van der Waals surface area (Å²) in [4.78, 5) is 23.8. The summed E-state index contributed by atoms with van der Waals surface area (Å²) >= 11 is 0. The lowest BCUT2D eigenvalue weighted by atomic mass is 9.98. The number of hydrogen-bond acceptors (Lipinski definition) is 5. The van der Waals surface area contributed by atoms with Crippen molar-refractivity contribution in [3.8, 4) is 0 Å². The Kier molecular flexibility index (Phi) is 5.38. The quantitative estimate of drug-likeness (QED) is 0.855. The molecular weight excluding hydrogens is 299 g/mol. The van der Waals surface area contributed by atoms with Crippen LogP contribution >= 0.6 is 0 Å². The van der Waals surface area contributed by atoms with Gasteiger partial charge >= 0.3 is 6.09 Å². The van der Waals surface area contributed by atoms with Crippen LogP contribution in [0.3, 0.4) is 0 Å². The van der Waals surface area contributed by atoms with Crippen molar-refractivity contribution >= 4 is 12.0 Å². The zero-order chi connectivity index (χ0) is 17.0. The van der Waals surface area contributed by atoms with Crippen LogP contribution < -0.4 is 4.90 Å². The molecule has 1 amide bonds. The Morgan fingerprint density at radius 2 is 2.09 bits per heavy atom. The third-order valence-electron chi connectivity index (χ3n) is 3.65. The molecule has 1 aliphatic rings. The zero-order valence-electron chi connectivity index (χ0n) is 14.3. The van der Waals surface area contributed by atoms with Gasteiger partial charge in [-0.15, -0.1) is 0 Å². The highest BCUT2D eigenvalue weighted by Gasteiger charge is 2.28. The standard InChI is InChI=1S/C16H25FN4O2/c1-16(2,3)23-15(22)21-7-5-6-12(11-21)10-20(4)14-18-8-13(17)9-19-14/h8-9,12H,5-7,10-11H2,1-4H3. The Labute approximate surface area is 136 Å². The number of nitrogens with zero attached hydrogens (tertiary/aromatic N) is 4. The van der Waals surface area contributed by atoms with E-state index < -0.39 is 11.4 Å². The van der Waals surface area contributed by atoms with Gasteiger partial charge in [0.05, 0.1) is 12.4 Å². The summed E-state index contributed by atoms with van der Waals surface area (Å²) in [5.41, 5.74) is -0.483. The Morgan fingerprint density at radius 3 is 2.70 bits per heavy atom. The van der Waals surface area contributed by atoms with E-state index in [4.69, 9.17) is 4.74 Å². The molecule has 1 saturated heterocycles. The number of aromatic nitrogens is 2. The van der Waals surface area contributed by atoms with Crippen molar-refractivity contribution in [3.05, 3.63) is 18.2 Å². The number of likely N-dealkylation sites (tertiary alicyclic amines) is 1. The minimum Gasteiger partial charge on any atom is -0.444 e. The highest BCUT2D eigenvalue weighted by molar-refractivity contribution is 5.68. The van der Waals surface area contributed by atoms with Gasteiger partial charge in [-0.3, -0.25) is 0 Å². The zero-order valence-corrected chi connectivity index (χ0v) is 14.3. The van der Waals surface area contributed by atoms with Gasteiger partial charge in [-0.1, -0.05) is 0 Å². The van der Waals surface area contributed by atoms with Crippen molar-refractivity contribution in [1.29, 1.82) is 0 Å². The lowest BCUT2D eigenvalue weighted by Crippen LogP contribution is -2.45. The molecule has 0 saturated carbocycles.